The lowest BCUT2D eigenvalue weighted by atomic mass is 10.2. The number of hydrogen-bond donors (Lipinski definition) is 2. The van der Waals surface area contributed by atoms with Gasteiger partial charge in [0.05, 0.1) is 0 Å². The van der Waals surface area contributed by atoms with Crippen LogP contribution in [0.5, 0.6) is 0 Å². The van der Waals surface area contributed by atoms with Gasteiger partial charge in [0.25, 0.3) is 0 Å². The first kappa shape index (κ1) is 13.7. The predicted octanol–water partition coefficient (Wildman–Crippen LogP) is 2.65. The van der Waals surface area contributed by atoms with Gasteiger partial charge in [-0.05, 0) is 36.6 Å². The number of nitrogens with one attached hydrogen (secondary N) is 2. The molecule has 2 heterocycles. The van der Waals surface area contributed by atoms with E-state index in [0.29, 0.717) is 17.1 Å². The minimum absolute atomic E-state index is 0.227. The third-order valence-corrected chi connectivity index (χ3v) is 4.22. The average Bonchev–Trinajstić information content (AvgIpc) is 2.86. The molecule has 2 N–H and O–H groups in total. The summed E-state index contributed by atoms with van der Waals surface area (Å²) >= 11 is 7.88. The summed E-state index contributed by atoms with van der Waals surface area (Å²) in [5.74, 6) is 2.35. The van der Waals surface area contributed by atoms with E-state index in [1.807, 2.05) is 11.8 Å². The van der Waals surface area contributed by atoms with Crippen LogP contribution in [-0.2, 0) is 0 Å². The first-order valence-electron chi connectivity index (χ1n) is 6.29. The van der Waals surface area contributed by atoms with Crippen molar-refractivity contribution < 1.29 is 0 Å². The van der Waals surface area contributed by atoms with Crippen molar-refractivity contribution in [3.8, 4) is 0 Å². The molecule has 1 saturated heterocycles. The zero-order valence-electron chi connectivity index (χ0n) is 10.4. The van der Waals surface area contributed by atoms with Gasteiger partial charge in [-0.25, -0.2) is 0 Å². The third kappa shape index (κ3) is 4.17. The Balaban J connectivity index is 1.91. The summed E-state index contributed by atoms with van der Waals surface area (Å²) in [6.45, 7) is 3.81. The second kappa shape index (κ2) is 6.99. The maximum Gasteiger partial charge on any atom is 0.228 e. The summed E-state index contributed by atoms with van der Waals surface area (Å²) in [6.07, 6.45) is 3.58. The van der Waals surface area contributed by atoms with E-state index in [0.717, 1.165) is 19.5 Å². The molecule has 0 spiro atoms. The van der Waals surface area contributed by atoms with Crippen molar-refractivity contribution >= 4 is 35.3 Å². The topological polar surface area (TPSA) is 62.7 Å². The monoisotopic (exact) mass is 287 g/mol. The molecule has 0 aromatic carbocycles. The van der Waals surface area contributed by atoms with Gasteiger partial charge in [0.1, 0.15) is 0 Å². The summed E-state index contributed by atoms with van der Waals surface area (Å²) in [6, 6.07) is 0. The van der Waals surface area contributed by atoms with Gasteiger partial charge in [-0.2, -0.15) is 26.7 Å². The molecule has 0 aliphatic carbocycles. The van der Waals surface area contributed by atoms with Crippen LogP contribution < -0.4 is 10.6 Å². The highest BCUT2D eigenvalue weighted by Crippen LogP contribution is 2.26. The molecular weight excluding hydrogens is 270 g/mol. The van der Waals surface area contributed by atoms with Gasteiger partial charge in [0.2, 0.25) is 17.2 Å². The molecule has 100 valence electrons. The van der Waals surface area contributed by atoms with Crippen molar-refractivity contribution in [1.82, 2.24) is 15.0 Å². The number of aromatic nitrogens is 3. The van der Waals surface area contributed by atoms with Crippen molar-refractivity contribution in [3.05, 3.63) is 5.28 Å². The molecule has 1 aliphatic heterocycles. The molecule has 1 unspecified atom stereocenters. The fourth-order valence-corrected chi connectivity index (χ4v) is 3.12. The molecule has 7 heteroatoms. The number of anilines is 2. The van der Waals surface area contributed by atoms with E-state index in [-0.39, 0.29) is 5.28 Å². The minimum atomic E-state index is 0.227. The van der Waals surface area contributed by atoms with Gasteiger partial charge in [-0.1, -0.05) is 6.92 Å². The molecule has 1 aromatic heterocycles. The average molecular weight is 288 g/mol. The standard InChI is InChI=1S/C11H18ClN5S/c1-2-5-13-10-15-9(12)16-11(17-10)14-7-8-4-3-6-18-8/h8H,2-7H2,1H3,(H2,13,14,15,16,17). The Hall–Kier alpha value is -0.750. The van der Waals surface area contributed by atoms with Crippen LogP contribution in [0.4, 0.5) is 11.9 Å². The fourth-order valence-electron chi connectivity index (χ4n) is 1.76. The van der Waals surface area contributed by atoms with Crippen molar-refractivity contribution in [3.63, 3.8) is 0 Å². The van der Waals surface area contributed by atoms with Gasteiger partial charge in [0.15, 0.2) is 0 Å². The van der Waals surface area contributed by atoms with Crippen molar-refractivity contribution in [2.45, 2.75) is 31.4 Å². The van der Waals surface area contributed by atoms with Gasteiger partial charge in [0, 0.05) is 18.3 Å². The number of halogens is 1. The first-order valence-corrected chi connectivity index (χ1v) is 7.71. The lowest BCUT2D eigenvalue weighted by Gasteiger charge is -2.11. The lowest BCUT2D eigenvalue weighted by Crippen LogP contribution is -2.16. The number of hydrogen-bond acceptors (Lipinski definition) is 6. The van der Waals surface area contributed by atoms with Crippen LogP contribution in [0.2, 0.25) is 5.28 Å². The Labute approximate surface area is 117 Å². The summed E-state index contributed by atoms with van der Waals surface area (Å²) in [5.41, 5.74) is 0. The second-order valence-electron chi connectivity index (χ2n) is 4.19. The molecular formula is C11H18ClN5S. The molecule has 1 atom stereocenters. The van der Waals surface area contributed by atoms with E-state index < -0.39 is 0 Å². The maximum absolute atomic E-state index is 5.88. The van der Waals surface area contributed by atoms with E-state index in [2.05, 4.69) is 32.5 Å². The van der Waals surface area contributed by atoms with E-state index >= 15 is 0 Å². The van der Waals surface area contributed by atoms with Crippen LogP contribution >= 0.6 is 23.4 Å². The summed E-state index contributed by atoms with van der Waals surface area (Å²) in [4.78, 5) is 12.4. The molecule has 0 radical (unpaired) electrons. The Bertz CT molecular complexity index is 384. The second-order valence-corrected chi connectivity index (χ2v) is 5.94. The Morgan fingerprint density at radius 3 is 2.72 bits per heavy atom. The smallest absolute Gasteiger partial charge is 0.228 e. The molecule has 5 nitrogen and oxygen atoms in total. The van der Waals surface area contributed by atoms with Gasteiger partial charge < -0.3 is 10.6 Å². The van der Waals surface area contributed by atoms with E-state index in [1.54, 1.807) is 0 Å². The largest absolute Gasteiger partial charge is 0.354 e. The molecule has 18 heavy (non-hydrogen) atoms. The van der Waals surface area contributed by atoms with E-state index in [9.17, 15) is 0 Å². The number of nitrogens with zero attached hydrogens (tertiary/aromatic N) is 3. The van der Waals surface area contributed by atoms with Crippen LogP contribution in [0.15, 0.2) is 0 Å². The Kier molecular flexibility index (Phi) is 5.31. The first-order chi connectivity index (χ1) is 8.78. The van der Waals surface area contributed by atoms with Gasteiger partial charge >= 0.3 is 0 Å². The van der Waals surface area contributed by atoms with E-state index in [4.69, 9.17) is 11.6 Å². The van der Waals surface area contributed by atoms with E-state index in [1.165, 1.54) is 18.6 Å². The number of rotatable bonds is 6. The quantitative estimate of drug-likeness (QED) is 0.839. The highest BCUT2D eigenvalue weighted by molar-refractivity contribution is 8.00. The van der Waals surface area contributed by atoms with Crippen LogP contribution in [0.1, 0.15) is 26.2 Å². The van der Waals surface area contributed by atoms with Crippen molar-refractivity contribution in [2.75, 3.05) is 29.5 Å². The molecule has 2 rings (SSSR count). The highest BCUT2D eigenvalue weighted by atomic mass is 35.5. The number of thioether (sulfide) groups is 1. The van der Waals surface area contributed by atoms with Crippen LogP contribution in [0, 0.1) is 0 Å². The zero-order valence-corrected chi connectivity index (χ0v) is 12.0. The fraction of sp³-hybridized carbons (Fsp3) is 0.727. The van der Waals surface area contributed by atoms with Gasteiger partial charge in [-0.3, -0.25) is 0 Å². The lowest BCUT2D eigenvalue weighted by molar-refractivity contribution is 0.799. The van der Waals surface area contributed by atoms with Crippen LogP contribution in [0.25, 0.3) is 0 Å². The van der Waals surface area contributed by atoms with Crippen LogP contribution in [-0.4, -0.2) is 39.0 Å². The van der Waals surface area contributed by atoms with Crippen molar-refractivity contribution in [1.29, 1.82) is 0 Å². The molecule has 1 aliphatic rings. The summed E-state index contributed by atoms with van der Waals surface area (Å²) in [7, 11) is 0. The molecule has 1 fully saturated rings. The maximum atomic E-state index is 5.88. The molecule has 1 aromatic rings. The summed E-state index contributed by atoms with van der Waals surface area (Å²) in [5, 5.41) is 7.24. The molecule has 0 bridgehead atoms. The zero-order chi connectivity index (χ0) is 12.8. The predicted molar refractivity (Wildman–Crippen MR) is 77.6 cm³/mol. The van der Waals surface area contributed by atoms with Gasteiger partial charge in [-0.15, -0.1) is 0 Å². The molecule has 0 saturated carbocycles. The molecule has 0 amide bonds. The Morgan fingerprint density at radius 1 is 1.28 bits per heavy atom. The SMILES string of the molecule is CCCNc1nc(Cl)nc(NCC2CCCS2)n1. The normalized spacial score (nSPS) is 18.9. The Morgan fingerprint density at radius 2 is 2.06 bits per heavy atom. The van der Waals surface area contributed by atoms with Crippen molar-refractivity contribution in [2.24, 2.45) is 0 Å². The van der Waals surface area contributed by atoms with Crippen LogP contribution in [0.3, 0.4) is 0 Å². The third-order valence-electron chi connectivity index (χ3n) is 2.65. The summed E-state index contributed by atoms with van der Waals surface area (Å²) < 4.78 is 0. The highest BCUT2D eigenvalue weighted by Gasteiger charge is 2.15. The minimum Gasteiger partial charge on any atom is -0.354 e.